The average Bonchev–Trinajstić information content (AvgIpc) is 3.10. The van der Waals surface area contributed by atoms with Crippen LogP contribution < -0.4 is 30.7 Å². The molecule has 0 unspecified atom stereocenters. The first-order chi connectivity index (χ1) is 15.8. The van der Waals surface area contributed by atoms with Crippen molar-refractivity contribution in [2.75, 3.05) is 23.8 Å². The van der Waals surface area contributed by atoms with Crippen LogP contribution in [-0.2, 0) is 25.7 Å². The average molecular weight is 468 g/mol. The Morgan fingerprint density at radius 2 is 2.03 bits per heavy atom. The molecule has 1 aromatic heterocycles. The normalized spacial score (nSPS) is 11.6. The van der Waals surface area contributed by atoms with Crippen molar-refractivity contribution in [3.63, 3.8) is 0 Å². The molecule has 1 heterocycles. The molecule has 10 nitrogen and oxygen atoms in total. The Morgan fingerprint density at radius 3 is 2.67 bits per heavy atom. The summed E-state index contributed by atoms with van der Waals surface area (Å²) in [5.41, 5.74) is 0.447. The third-order valence-corrected chi connectivity index (χ3v) is 5.18. The van der Waals surface area contributed by atoms with Gasteiger partial charge in [-0.2, -0.15) is 5.26 Å². The number of thiazole rings is 1. The van der Waals surface area contributed by atoms with Crippen LogP contribution in [0.4, 0.5) is 11.4 Å². The Labute approximate surface area is 193 Å². The van der Waals surface area contributed by atoms with Gasteiger partial charge in [0.1, 0.15) is 15.3 Å². The van der Waals surface area contributed by atoms with Gasteiger partial charge in [-0.3, -0.25) is 23.7 Å². The van der Waals surface area contributed by atoms with Crippen molar-refractivity contribution in [2.45, 2.75) is 20.4 Å². The van der Waals surface area contributed by atoms with Gasteiger partial charge in [0.15, 0.2) is 12.2 Å². The number of aromatic nitrogens is 1. The summed E-state index contributed by atoms with van der Waals surface area (Å²) in [6.07, 6.45) is 6.59. The molecular weight excluding hydrogens is 446 g/mol. The van der Waals surface area contributed by atoms with Gasteiger partial charge in [-0.05, 0) is 25.1 Å². The molecule has 0 saturated carbocycles. The summed E-state index contributed by atoms with van der Waals surface area (Å²) < 4.78 is 6.47. The monoisotopic (exact) mass is 467 g/mol. The quantitative estimate of drug-likeness (QED) is 0.358. The van der Waals surface area contributed by atoms with Crippen LogP contribution in [0.25, 0.3) is 11.8 Å². The summed E-state index contributed by atoms with van der Waals surface area (Å²) in [5, 5.41) is 17.4. The Bertz CT molecular complexity index is 1330. The largest absolute Gasteiger partial charge is 0.456 e. The number of nitrogens with zero attached hydrogens (tertiary/aromatic N) is 2. The number of hydrogen-bond acceptors (Lipinski definition) is 8. The van der Waals surface area contributed by atoms with E-state index in [1.165, 1.54) is 17.7 Å². The van der Waals surface area contributed by atoms with Gasteiger partial charge in [-0.1, -0.05) is 12.0 Å². The topological polar surface area (TPSA) is 142 Å². The lowest BCUT2D eigenvalue weighted by Gasteiger charge is -2.07. The first-order valence-corrected chi connectivity index (χ1v) is 10.5. The number of nitrogens with one attached hydrogen (secondary N) is 3. The zero-order valence-corrected chi connectivity index (χ0v) is 18.7. The van der Waals surface area contributed by atoms with Crippen LogP contribution in [0.3, 0.4) is 0 Å². The molecule has 0 atom stereocenters. The van der Waals surface area contributed by atoms with Crippen molar-refractivity contribution in [3.05, 3.63) is 43.8 Å². The highest BCUT2D eigenvalue weighted by atomic mass is 32.1. The van der Waals surface area contributed by atoms with E-state index in [0.29, 0.717) is 11.4 Å². The molecule has 0 aliphatic carbocycles. The SMILES string of the molecule is C#CCNC(=O)/C(C#N)=c1\s/c(=C/Nc2cccc(NC(=O)COC(C)=O)c2)c(=O)n1CC. The molecule has 0 bridgehead atoms. The molecule has 170 valence electrons. The van der Waals surface area contributed by atoms with Crippen LogP contribution in [0.15, 0.2) is 29.1 Å². The van der Waals surface area contributed by atoms with Gasteiger partial charge in [0.2, 0.25) is 0 Å². The van der Waals surface area contributed by atoms with Crippen molar-refractivity contribution in [1.82, 2.24) is 9.88 Å². The van der Waals surface area contributed by atoms with Crippen molar-refractivity contribution >= 4 is 52.3 Å². The summed E-state index contributed by atoms with van der Waals surface area (Å²) in [6.45, 7) is 2.75. The zero-order valence-electron chi connectivity index (χ0n) is 17.9. The first-order valence-electron chi connectivity index (χ1n) is 9.66. The van der Waals surface area contributed by atoms with Crippen LogP contribution in [0.2, 0.25) is 0 Å². The Kier molecular flexibility index (Phi) is 8.97. The molecule has 3 N–H and O–H groups in total. The molecule has 0 radical (unpaired) electrons. The van der Waals surface area contributed by atoms with Gasteiger partial charge >= 0.3 is 5.97 Å². The maximum atomic E-state index is 12.8. The lowest BCUT2D eigenvalue weighted by Crippen LogP contribution is -2.34. The van der Waals surface area contributed by atoms with Gasteiger partial charge in [-0.15, -0.1) is 17.8 Å². The predicted octanol–water partition coefficient (Wildman–Crippen LogP) is -0.295. The number of terminal acetylenes is 1. The zero-order chi connectivity index (χ0) is 24.4. The van der Waals surface area contributed by atoms with Gasteiger partial charge in [0, 0.05) is 31.0 Å². The second-order valence-corrected chi connectivity index (χ2v) is 7.42. The molecule has 0 spiro atoms. The van der Waals surface area contributed by atoms with Crippen molar-refractivity contribution in [1.29, 1.82) is 5.26 Å². The van der Waals surface area contributed by atoms with E-state index >= 15 is 0 Å². The summed E-state index contributed by atoms with van der Waals surface area (Å²) in [7, 11) is 0. The highest BCUT2D eigenvalue weighted by Crippen LogP contribution is 2.15. The maximum absolute atomic E-state index is 12.8. The fourth-order valence-electron chi connectivity index (χ4n) is 2.61. The van der Waals surface area contributed by atoms with E-state index in [4.69, 9.17) is 6.42 Å². The van der Waals surface area contributed by atoms with Gasteiger partial charge < -0.3 is 20.7 Å². The van der Waals surface area contributed by atoms with E-state index in [1.807, 2.05) is 6.07 Å². The number of carbonyl (C=O) groups excluding carboxylic acids is 3. The van der Waals surface area contributed by atoms with Gasteiger partial charge in [0.25, 0.3) is 17.4 Å². The summed E-state index contributed by atoms with van der Waals surface area (Å²) in [5.74, 6) is 0.541. The first kappa shape index (κ1) is 24.9. The fourth-order valence-corrected chi connectivity index (χ4v) is 3.69. The minimum Gasteiger partial charge on any atom is -0.456 e. The molecule has 33 heavy (non-hydrogen) atoms. The lowest BCUT2D eigenvalue weighted by molar-refractivity contribution is -0.144. The van der Waals surface area contributed by atoms with E-state index < -0.39 is 24.4 Å². The number of rotatable bonds is 8. The number of nitriles is 1. The highest BCUT2D eigenvalue weighted by molar-refractivity contribution is 7.07. The minimum atomic E-state index is -0.657. The molecule has 0 saturated heterocycles. The highest BCUT2D eigenvalue weighted by Gasteiger charge is 2.14. The molecule has 11 heteroatoms. The number of anilines is 2. The number of carbonyl (C=O) groups is 3. The molecular formula is C22H21N5O5S. The molecule has 0 fully saturated rings. The van der Waals surface area contributed by atoms with E-state index in [-0.39, 0.29) is 33.4 Å². The number of amides is 2. The van der Waals surface area contributed by atoms with Crippen LogP contribution >= 0.6 is 11.3 Å². The summed E-state index contributed by atoms with van der Waals surface area (Å²) in [6, 6.07) is 8.50. The molecule has 2 rings (SSSR count). The molecule has 0 aliphatic rings. The van der Waals surface area contributed by atoms with Crippen molar-refractivity contribution in [2.24, 2.45) is 0 Å². The fraction of sp³-hybridized carbons (Fsp3) is 0.227. The Hall–Kier alpha value is -4.35. The van der Waals surface area contributed by atoms with Crippen LogP contribution in [0, 0.1) is 23.7 Å². The van der Waals surface area contributed by atoms with Crippen LogP contribution in [0.1, 0.15) is 13.8 Å². The predicted molar refractivity (Wildman–Crippen MR) is 124 cm³/mol. The van der Waals surface area contributed by atoms with Crippen molar-refractivity contribution in [3.8, 4) is 18.4 Å². The number of esters is 1. The number of benzene rings is 1. The third kappa shape index (κ3) is 6.82. The van der Waals surface area contributed by atoms with Gasteiger partial charge in [-0.25, -0.2) is 0 Å². The third-order valence-electron chi connectivity index (χ3n) is 4.05. The molecule has 0 aliphatic heterocycles. The Balaban J connectivity index is 2.34. The van der Waals surface area contributed by atoms with Gasteiger partial charge in [0.05, 0.1) is 6.54 Å². The van der Waals surface area contributed by atoms with Crippen LogP contribution in [-0.4, -0.2) is 35.5 Å². The second-order valence-electron chi connectivity index (χ2n) is 6.39. The molecule has 2 aromatic rings. The maximum Gasteiger partial charge on any atom is 0.303 e. The van der Waals surface area contributed by atoms with E-state index in [0.717, 1.165) is 11.3 Å². The standard InChI is InChI=1S/C22H21N5O5S/c1-4-9-24-20(30)17(11-23)22-27(5-2)21(31)18(33-22)12-25-15-7-6-8-16(10-15)26-19(29)13-32-14(3)28/h1,6-8,10,12,25H,5,9,13H2,2-3H3,(H,24,30)(H,26,29)/b18-12+,22-17-. The lowest BCUT2D eigenvalue weighted by atomic mass is 10.2. The van der Waals surface area contributed by atoms with E-state index in [9.17, 15) is 24.4 Å². The van der Waals surface area contributed by atoms with E-state index in [2.05, 4.69) is 26.6 Å². The molecule has 2 amide bonds. The second kappa shape index (κ2) is 11.9. The minimum absolute atomic E-state index is 0.0416. The van der Waals surface area contributed by atoms with E-state index in [1.54, 1.807) is 31.2 Å². The number of ether oxygens (including phenoxy) is 1. The smallest absolute Gasteiger partial charge is 0.303 e. The number of hydrogen-bond donors (Lipinski definition) is 3. The van der Waals surface area contributed by atoms with Crippen molar-refractivity contribution < 1.29 is 19.1 Å². The Morgan fingerprint density at radius 1 is 1.30 bits per heavy atom. The molecule has 1 aromatic carbocycles. The van der Waals surface area contributed by atoms with Crippen LogP contribution in [0.5, 0.6) is 0 Å². The summed E-state index contributed by atoms with van der Waals surface area (Å²) >= 11 is 0.991. The summed E-state index contributed by atoms with van der Waals surface area (Å²) in [4.78, 5) is 47.6.